The molecule has 25 heavy (non-hydrogen) atoms. The van der Waals surface area contributed by atoms with Gasteiger partial charge in [0.2, 0.25) is 0 Å². The van der Waals surface area contributed by atoms with Gasteiger partial charge in [-0.1, -0.05) is 31.2 Å². The van der Waals surface area contributed by atoms with Crippen molar-refractivity contribution in [3.05, 3.63) is 53.9 Å². The van der Waals surface area contributed by atoms with Crippen LogP contribution in [0, 0.1) is 5.92 Å². The Balaban J connectivity index is 1.32. The van der Waals surface area contributed by atoms with E-state index < -0.39 is 0 Å². The molecular formula is C19H24N4O2. The van der Waals surface area contributed by atoms with Crippen molar-refractivity contribution in [3.8, 4) is 0 Å². The molecule has 6 heteroatoms. The first kappa shape index (κ1) is 16.1. The summed E-state index contributed by atoms with van der Waals surface area (Å²) in [7, 11) is 0. The maximum atomic E-state index is 12.5. The first-order chi connectivity index (χ1) is 12.2. The molecule has 3 heterocycles. The Hall–Kier alpha value is -2.34. The van der Waals surface area contributed by atoms with Crippen molar-refractivity contribution in [2.45, 2.75) is 32.1 Å². The zero-order chi connectivity index (χ0) is 17.3. The highest BCUT2D eigenvalue weighted by Gasteiger charge is 2.46. The van der Waals surface area contributed by atoms with Crippen molar-refractivity contribution in [1.29, 1.82) is 0 Å². The monoisotopic (exact) mass is 340 g/mol. The van der Waals surface area contributed by atoms with Crippen LogP contribution in [0.3, 0.4) is 0 Å². The molecule has 0 saturated carbocycles. The zero-order valence-corrected chi connectivity index (χ0v) is 14.5. The Morgan fingerprint density at radius 2 is 2.28 bits per heavy atom. The summed E-state index contributed by atoms with van der Waals surface area (Å²) in [6.45, 7) is 5.56. The number of fused-ring (bicyclic) bond motifs is 2. The molecule has 6 nitrogen and oxygen atoms in total. The minimum absolute atomic E-state index is 0.00262. The van der Waals surface area contributed by atoms with Gasteiger partial charge in [-0.15, -0.1) is 0 Å². The molecule has 2 aliphatic rings. The zero-order valence-electron chi connectivity index (χ0n) is 14.5. The molecule has 4 rings (SSSR count). The summed E-state index contributed by atoms with van der Waals surface area (Å²) >= 11 is 0. The van der Waals surface area contributed by atoms with Crippen LogP contribution < -0.4 is 5.32 Å². The summed E-state index contributed by atoms with van der Waals surface area (Å²) in [5.41, 5.74) is 2.18. The third-order valence-electron chi connectivity index (χ3n) is 5.19. The molecular weight excluding hydrogens is 316 g/mol. The molecule has 0 bridgehead atoms. The van der Waals surface area contributed by atoms with Gasteiger partial charge in [0, 0.05) is 38.4 Å². The van der Waals surface area contributed by atoms with E-state index >= 15 is 0 Å². The van der Waals surface area contributed by atoms with Crippen LogP contribution in [0.15, 0.2) is 42.7 Å². The number of rotatable bonds is 4. The second-order valence-corrected chi connectivity index (χ2v) is 7.13. The standard InChI is InChI=1S/C19H24N4O2/c1-15(12-23-9-4-8-21-23)11-20-18(24)22-10-7-19(14-22)17-6-3-2-5-16(17)13-25-19/h2-6,8-9,15H,7,10-14H2,1H3,(H,20,24). The van der Waals surface area contributed by atoms with E-state index in [0.29, 0.717) is 25.6 Å². The lowest BCUT2D eigenvalue weighted by Gasteiger charge is -2.25. The summed E-state index contributed by atoms with van der Waals surface area (Å²) in [6, 6.07) is 10.3. The molecule has 1 spiro atoms. The van der Waals surface area contributed by atoms with Crippen molar-refractivity contribution >= 4 is 6.03 Å². The van der Waals surface area contributed by atoms with Gasteiger partial charge < -0.3 is 15.0 Å². The number of nitrogens with one attached hydrogen (secondary N) is 1. The third kappa shape index (κ3) is 3.14. The highest BCUT2D eigenvalue weighted by Crippen LogP contribution is 2.43. The molecule has 1 aromatic carbocycles. The molecule has 1 aromatic heterocycles. The number of amides is 2. The van der Waals surface area contributed by atoms with Gasteiger partial charge in [-0.25, -0.2) is 4.79 Å². The lowest BCUT2D eigenvalue weighted by molar-refractivity contribution is -0.0272. The van der Waals surface area contributed by atoms with E-state index in [9.17, 15) is 4.79 Å². The SMILES string of the molecule is CC(CNC(=O)N1CCC2(C1)OCc1ccccc12)Cn1cccn1. The van der Waals surface area contributed by atoms with Crippen LogP contribution in [0.5, 0.6) is 0 Å². The van der Waals surface area contributed by atoms with Crippen molar-refractivity contribution < 1.29 is 9.53 Å². The van der Waals surface area contributed by atoms with E-state index in [4.69, 9.17) is 4.74 Å². The Bertz CT molecular complexity index is 746. The number of carbonyl (C=O) groups is 1. The molecule has 2 aromatic rings. The molecule has 2 atom stereocenters. The second-order valence-electron chi connectivity index (χ2n) is 7.13. The van der Waals surface area contributed by atoms with Crippen molar-refractivity contribution in [3.63, 3.8) is 0 Å². The van der Waals surface area contributed by atoms with Crippen LogP contribution in [0.1, 0.15) is 24.5 Å². The lowest BCUT2D eigenvalue weighted by Crippen LogP contribution is -2.42. The normalized spacial score (nSPS) is 23.0. The van der Waals surface area contributed by atoms with E-state index in [-0.39, 0.29) is 11.6 Å². The molecule has 132 valence electrons. The second kappa shape index (κ2) is 6.52. The third-order valence-corrected chi connectivity index (χ3v) is 5.19. The average molecular weight is 340 g/mol. The lowest BCUT2D eigenvalue weighted by atomic mass is 9.92. The quantitative estimate of drug-likeness (QED) is 0.929. The van der Waals surface area contributed by atoms with Gasteiger partial charge in [0.25, 0.3) is 0 Å². The maximum Gasteiger partial charge on any atom is 0.317 e. The number of carbonyl (C=O) groups excluding carboxylic acids is 1. The number of aromatic nitrogens is 2. The van der Waals surface area contributed by atoms with Gasteiger partial charge in [0.1, 0.15) is 5.60 Å². The Morgan fingerprint density at radius 3 is 3.12 bits per heavy atom. The maximum absolute atomic E-state index is 12.5. The summed E-state index contributed by atoms with van der Waals surface area (Å²) in [5.74, 6) is 0.323. The Morgan fingerprint density at radius 1 is 1.40 bits per heavy atom. The van der Waals surface area contributed by atoms with Gasteiger partial charge >= 0.3 is 6.03 Å². The van der Waals surface area contributed by atoms with E-state index in [1.54, 1.807) is 6.20 Å². The summed E-state index contributed by atoms with van der Waals surface area (Å²) in [5, 5.41) is 7.26. The van der Waals surface area contributed by atoms with Crippen molar-refractivity contribution in [2.75, 3.05) is 19.6 Å². The van der Waals surface area contributed by atoms with Crippen LogP contribution in [0.2, 0.25) is 0 Å². The van der Waals surface area contributed by atoms with Crippen LogP contribution in [0.25, 0.3) is 0 Å². The number of nitrogens with zero attached hydrogens (tertiary/aromatic N) is 3. The minimum Gasteiger partial charge on any atom is -0.364 e. The molecule has 2 amide bonds. The topological polar surface area (TPSA) is 59.4 Å². The molecule has 2 aliphatic heterocycles. The van der Waals surface area contributed by atoms with Crippen LogP contribution >= 0.6 is 0 Å². The Labute approximate surface area is 147 Å². The number of benzene rings is 1. The number of ether oxygens (including phenoxy) is 1. The highest BCUT2D eigenvalue weighted by molar-refractivity contribution is 5.74. The molecule has 1 saturated heterocycles. The van der Waals surface area contributed by atoms with Gasteiger partial charge in [-0.2, -0.15) is 5.10 Å². The van der Waals surface area contributed by atoms with Gasteiger partial charge in [0.15, 0.2) is 0 Å². The largest absolute Gasteiger partial charge is 0.364 e. The molecule has 2 unspecified atom stereocenters. The molecule has 0 aliphatic carbocycles. The van der Waals surface area contributed by atoms with Crippen LogP contribution in [0.4, 0.5) is 4.79 Å². The fourth-order valence-corrected chi connectivity index (χ4v) is 3.84. The van der Waals surface area contributed by atoms with E-state index in [2.05, 4.69) is 35.5 Å². The minimum atomic E-state index is -0.311. The molecule has 1 fully saturated rings. The first-order valence-electron chi connectivity index (χ1n) is 8.89. The summed E-state index contributed by atoms with van der Waals surface area (Å²) in [6.07, 6.45) is 4.58. The van der Waals surface area contributed by atoms with Crippen LogP contribution in [-0.4, -0.2) is 40.3 Å². The number of hydrogen-bond acceptors (Lipinski definition) is 3. The fraction of sp³-hybridized carbons (Fsp3) is 0.474. The Kier molecular flexibility index (Phi) is 4.21. The highest BCUT2D eigenvalue weighted by atomic mass is 16.5. The van der Waals surface area contributed by atoms with Gasteiger partial charge in [0.05, 0.1) is 13.2 Å². The number of likely N-dealkylation sites (tertiary alicyclic amines) is 1. The van der Waals surface area contributed by atoms with Crippen molar-refractivity contribution in [1.82, 2.24) is 20.0 Å². The molecule has 0 radical (unpaired) electrons. The predicted molar refractivity (Wildman–Crippen MR) is 93.9 cm³/mol. The number of urea groups is 1. The van der Waals surface area contributed by atoms with Gasteiger partial charge in [-0.05, 0) is 23.1 Å². The molecule has 1 N–H and O–H groups in total. The smallest absolute Gasteiger partial charge is 0.317 e. The predicted octanol–water partition coefficient (Wildman–Crippen LogP) is 2.36. The average Bonchev–Trinajstić information content (AvgIpc) is 3.35. The first-order valence-corrected chi connectivity index (χ1v) is 8.89. The fourth-order valence-electron chi connectivity index (χ4n) is 3.84. The van der Waals surface area contributed by atoms with Crippen molar-refractivity contribution in [2.24, 2.45) is 5.92 Å². The van der Waals surface area contributed by atoms with E-state index in [1.165, 1.54) is 11.1 Å². The van der Waals surface area contributed by atoms with Gasteiger partial charge in [-0.3, -0.25) is 4.68 Å². The van der Waals surface area contributed by atoms with Crippen LogP contribution in [-0.2, 0) is 23.5 Å². The van der Waals surface area contributed by atoms with E-state index in [0.717, 1.165) is 19.5 Å². The number of hydrogen-bond donors (Lipinski definition) is 1. The summed E-state index contributed by atoms with van der Waals surface area (Å²) < 4.78 is 8.01. The van der Waals surface area contributed by atoms with E-state index in [1.807, 2.05) is 27.9 Å². The summed E-state index contributed by atoms with van der Waals surface area (Å²) in [4.78, 5) is 14.4.